The van der Waals surface area contributed by atoms with Crippen LogP contribution in [-0.2, 0) is 15.8 Å². The number of aryl methyl sites for hydroxylation is 1. The van der Waals surface area contributed by atoms with Crippen LogP contribution >= 0.6 is 8.17 Å². The molecule has 0 saturated heterocycles. The predicted molar refractivity (Wildman–Crippen MR) is 74.2 cm³/mol. The van der Waals surface area contributed by atoms with E-state index in [1.54, 1.807) is 0 Å². The van der Waals surface area contributed by atoms with Gasteiger partial charge in [0.2, 0.25) is 0 Å². The largest absolute Gasteiger partial charge is 0.567 e. The lowest BCUT2D eigenvalue weighted by molar-refractivity contribution is 0.0301. The molecule has 0 aliphatic rings. The summed E-state index contributed by atoms with van der Waals surface area (Å²) in [6.45, 7) is -0.117. The lowest BCUT2D eigenvalue weighted by Crippen LogP contribution is -2.32. The van der Waals surface area contributed by atoms with Gasteiger partial charge in [0.15, 0.2) is 0 Å². The van der Waals surface area contributed by atoms with Crippen LogP contribution in [0.2, 0.25) is 0 Å². The van der Waals surface area contributed by atoms with Crippen molar-refractivity contribution >= 4 is 8.17 Å². The number of H-pyrrole nitrogens is 1. The fourth-order valence-electron chi connectivity index (χ4n) is 1.51. The van der Waals surface area contributed by atoms with Gasteiger partial charge in [-0.05, 0) is 6.42 Å². The van der Waals surface area contributed by atoms with Gasteiger partial charge in [0.1, 0.15) is 12.2 Å². The molecule has 4 N–H and O–H groups in total. The Morgan fingerprint density at radius 2 is 2.14 bits per heavy atom. The molecule has 0 aliphatic carbocycles. The summed E-state index contributed by atoms with van der Waals surface area (Å²) in [6.07, 6.45) is 6.05. The van der Waals surface area contributed by atoms with Gasteiger partial charge in [0.25, 0.3) is 5.56 Å². The smallest absolute Gasteiger partial charge is 0.379 e. The number of terminal acetylenes is 1. The predicted octanol–water partition coefficient (Wildman–Crippen LogP) is -1.41. The third-order valence-electron chi connectivity index (χ3n) is 2.63. The molecule has 10 heteroatoms. The van der Waals surface area contributed by atoms with E-state index in [1.165, 1.54) is 17.9 Å². The van der Waals surface area contributed by atoms with Crippen LogP contribution in [0.3, 0.4) is 0 Å². The van der Waals surface area contributed by atoms with Crippen molar-refractivity contribution in [2.45, 2.75) is 19.1 Å². The number of hydrogen-bond donors (Lipinski definition) is 4. The average Bonchev–Trinajstić information content (AvgIpc) is 2.39. The molecule has 0 amide bonds. The van der Waals surface area contributed by atoms with Gasteiger partial charge in [-0.2, -0.15) is 19.2 Å². The number of nitrogens with zero attached hydrogens (tertiary/aromatic N) is 1. The number of aromatic nitrogens is 2. The SMILES string of the molecule is C#Cc1cn(CCC(CO[P+](O)(O)O)OC)c(=O)[nH]c1=O. The fraction of sp³-hybridized carbons (Fsp3) is 0.455. The first kappa shape index (κ1) is 17.5. The Kier molecular flexibility index (Phi) is 6.23. The molecular weight excluding hydrogens is 303 g/mol. The molecule has 9 nitrogen and oxygen atoms in total. The van der Waals surface area contributed by atoms with Crippen molar-refractivity contribution in [1.29, 1.82) is 0 Å². The quantitative estimate of drug-likeness (QED) is 0.358. The van der Waals surface area contributed by atoms with Gasteiger partial charge in [0.05, 0.1) is 6.10 Å². The minimum absolute atomic E-state index is 0.0193. The van der Waals surface area contributed by atoms with Gasteiger partial charge >= 0.3 is 13.9 Å². The van der Waals surface area contributed by atoms with E-state index in [9.17, 15) is 9.59 Å². The zero-order valence-corrected chi connectivity index (χ0v) is 12.1. The van der Waals surface area contributed by atoms with Crippen LogP contribution < -0.4 is 11.2 Å². The number of rotatable bonds is 7. The van der Waals surface area contributed by atoms with Crippen LogP contribution in [0.15, 0.2) is 15.8 Å². The van der Waals surface area contributed by atoms with Crippen LogP contribution in [0.5, 0.6) is 0 Å². The van der Waals surface area contributed by atoms with Gasteiger partial charge in [-0.25, -0.2) is 4.79 Å². The van der Waals surface area contributed by atoms with Crippen molar-refractivity contribution < 1.29 is 23.9 Å². The molecule has 1 unspecified atom stereocenters. The van der Waals surface area contributed by atoms with Crippen molar-refractivity contribution in [3.8, 4) is 12.3 Å². The van der Waals surface area contributed by atoms with E-state index in [4.69, 9.17) is 25.8 Å². The molecule has 0 spiro atoms. The van der Waals surface area contributed by atoms with E-state index in [2.05, 4.69) is 15.4 Å². The molecular formula is C11H16N2O7P+. The summed E-state index contributed by atoms with van der Waals surface area (Å²) in [7, 11) is -2.97. The van der Waals surface area contributed by atoms with E-state index in [-0.39, 0.29) is 25.1 Å². The van der Waals surface area contributed by atoms with Crippen LogP contribution in [0, 0.1) is 12.3 Å². The van der Waals surface area contributed by atoms with Crippen molar-refractivity contribution in [2.24, 2.45) is 0 Å². The van der Waals surface area contributed by atoms with Crippen molar-refractivity contribution in [3.05, 3.63) is 32.6 Å². The van der Waals surface area contributed by atoms with Crippen LogP contribution in [0.1, 0.15) is 12.0 Å². The number of aromatic amines is 1. The summed E-state index contributed by atoms with van der Waals surface area (Å²) >= 11 is 0. The van der Waals surface area contributed by atoms with E-state index in [0.29, 0.717) is 0 Å². The Balaban J connectivity index is 2.72. The normalized spacial score (nSPS) is 12.9. The van der Waals surface area contributed by atoms with Crippen molar-refractivity contribution in [1.82, 2.24) is 9.55 Å². The monoisotopic (exact) mass is 319 g/mol. The zero-order chi connectivity index (χ0) is 16.0. The first-order valence-corrected chi connectivity index (χ1v) is 7.38. The molecule has 0 saturated carbocycles. The lowest BCUT2D eigenvalue weighted by atomic mass is 10.2. The van der Waals surface area contributed by atoms with Gasteiger partial charge in [0, 0.05) is 19.9 Å². The molecule has 21 heavy (non-hydrogen) atoms. The lowest BCUT2D eigenvalue weighted by Gasteiger charge is -2.15. The van der Waals surface area contributed by atoms with Gasteiger partial charge in [-0.3, -0.25) is 14.3 Å². The van der Waals surface area contributed by atoms with E-state index >= 15 is 0 Å². The van der Waals surface area contributed by atoms with Crippen LogP contribution in [0.4, 0.5) is 0 Å². The summed E-state index contributed by atoms with van der Waals surface area (Å²) in [5, 5.41) is 0. The second kappa shape index (κ2) is 7.47. The van der Waals surface area contributed by atoms with Crippen molar-refractivity contribution in [2.75, 3.05) is 13.7 Å². The third kappa shape index (κ3) is 5.77. The Labute approximate surface area is 120 Å². The maximum atomic E-state index is 11.6. The average molecular weight is 319 g/mol. The van der Waals surface area contributed by atoms with Gasteiger partial charge < -0.3 is 4.74 Å². The summed E-state index contributed by atoms with van der Waals surface area (Å²) in [4.78, 5) is 51.1. The fourth-order valence-corrected chi connectivity index (χ4v) is 1.88. The molecule has 0 fully saturated rings. The first-order chi connectivity index (χ1) is 9.76. The molecule has 1 aromatic rings. The highest BCUT2D eigenvalue weighted by molar-refractivity contribution is 7.53. The Hall–Kier alpha value is -1.53. The molecule has 1 rings (SSSR count). The molecule has 0 bridgehead atoms. The topological polar surface area (TPSA) is 134 Å². The molecule has 0 radical (unpaired) electrons. The van der Waals surface area contributed by atoms with Crippen molar-refractivity contribution in [3.63, 3.8) is 0 Å². The van der Waals surface area contributed by atoms with Crippen LogP contribution in [-0.4, -0.2) is 44.1 Å². The number of ether oxygens (including phenoxy) is 1. The zero-order valence-electron chi connectivity index (χ0n) is 11.2. The van der Waals surface area contributed by atoms with Crippen LogP contribution in [0.25, 0.3) is 0 Å². The number of hydrogen-bond acceptors (Lipinski definition) is 7. The third-order valence-corrected chi connectivity index (χ3v) is 3.12. The van der Waals surface area contributed by atoms with E-state index in [1.807, 2.05) is 0 Å². The highest BCUT2D eigenvalue weighted by Crippen LogP contribution is 2.45. The molecule has 0 aromatic carbocycles. The molecule has 1 heterocycles. The molecule has 1 atom stereocenters. The second-order valence-electron chi connectivity index (χ2n) is 4.10. The van der Waals surface area contributed by atoms with Gasteiger partial charge in [-0.15, -0.1) is 6.42 Å². The first-order valence-electron chi connectivity index (χ1n) is 5.82. The van der Waals surface area contributed by atoms with Gasteiger partial charge in [-0.1, -0.05) is 5.92 Å². The Morgan fingerprint density at radius 3 is 2.67 bits per heavy atom. The highest BCUT2D eigenvalue weighted by Gasteiger charge is 2.34. The maximum Gasteiger partial charge on any atom is 0.567 e. The minimum atomic E-state index is -4.33. The van der Waals surface area contributed by atoms with E-state index < -0.39 is 25.5 Å². The standard InChI is InChI=1S/C11H15N2O7P/c1-3-8-6-13(11(15)12-10(8)14)5-4-9(19-2)7-20-21(16,17)18/h1,6,9,16-18H,4-5,7H2,2H3/p+1. The highest BCUT2D eigenvalue weighted by atomic mass is 31.2. The molecule has 1 aromatic heterocycles. The summed E-state index contributed by atoms with van der Waals surface area (Å²) < 4.78 is 10.7. The second-order valence-corrected chi connectivity index (χ2v) is 5.38. The Bertz CT molecular complexity index is 625. The van der Waals surface area contributed by atoms with E-state index in [0.717, 1.165) is 0 Å². The molecule has 116 valence electrons. The molecule has 0 aliphatic heterocycles. The summed E-state index contributed by atoms with van der Waals surface area (Å²) in [5.41, 5.74) is -1.24. The summed E-state index contributed by atoms with van der Waals surface area (Å²) in [5.74, 6) is 2.16. The number of nitrogens with one attached hydrogen (secondary N) is 1. The summed E-state index contributed by atoms with van der Waals surface area (Å²) in [6, 6.07) is 0. The Morgan fingerprint density at radius 1 is 1.48 bits per heavy atom. The maximum absolute atomic E-state index is 11.6. The minimum Gasteiger partial charge on any atom is -0.379 e. The number of methoxy groups -OCH3 is 1.